The van der Waals surface area contributed by atoms with Gasteiger partial charge in [0, 0.05) is 32.1 Å². The van der Waals surface area contributed by atoms with Crippen molar-refractivity contribution in [2.75, 3.05) is 7.11 Å². The Kier molecular flexibility index (Phi) is 5.22. The van der Waals surface area contributed by atoms with E-state index in [2.05, 4.69) is 43.8 Å². The van der Waals surface area contributed by atoms with Crippen LogP contribution in [0.5, 0.6) is 0 Å². The van der Waals surface area contributed by atoms with Crippen LogP contribution in [-0.2, 0) is 17.7 Å². The molecule has 17 heavy (non-hydrogen) atoms. The second kappa shape index (κ2) is 6.22. The van der Waals surface area contributed by atoms with Crippen molar-refractivity contribution in [2.24, 2.45) is 5.73 Å². The molecule has 0 aliphatic heterocycles. The van der Waals surface area contributed by atoms with E-state index in [0.29, 0.717) is 0 Å². The summed E-state index contributed by atoms with van der Waals surface area (Å²) in [6.07, 6.45) is 7.33. The summed E-state index contributed by atoms with van der Waals surface area (Å²) in [6.45, 7) is 7.35. The van der Waals surface area contributed by atoms with Crippen LogP contribution in [0.2, 0.25) is 0 Å². The van der Waals surface area contributed by atoms with Crippen LogP contribution in [0.4, 0.5) is 0 Å². The first-order valence-electron chi connectivity index (χ1n) is 6.42. The number of hydrogen-bond donors (Lipinski definition) is 1. The van der Waals surface area contributed by atoms with Crippen LogP contribution in [0, 0.1) is 0 Å². The maximum Gasteiger partial charge on any atom is 0.0639 e. The SMILES string of the molecule is CCC(N)Cc1ccn(CCC(C)(C)OC)c1. The lowest BCUT2D eigenvalue weighted by Crippen LogP contribution is -2.24. The molecule has 3 heteroatoms. The van der Waals surface area contributed by atoms with Crippen LogP contribution < -0.4 is 5.73 Å². The number of aryl methyl sites for hydroxylation is 1. The first kappa shape index (κ1) is 14.3. The van der Waals surface area contributed by atoms with Crippen molar-refractivity contribution >= 4 is 0 Å². The third kappa shape index (κ3) is 4.92. The lowest BCUT2D eigenvalue weighted by molar-refractivity contribution is 0.0120. The van der Waals surface area contributed by atoms with E-state index in [0.717, 1.165) is 25.8 Å². The molecular weight excluding hydrogens is 212 g/mol. The molecular formula is C14H26N2O. The normalized spacial score (nSPS) is 13.9. The maximum absolute atomic E-state index is 5.95. The lowest BCUT2D eigenvalue weighted by atomic mass is 10.1. The Hall–Kier alpha value is -0.800. The van der Waals surface area contributed by atoms with Gasteiger partial charge < -0.3 is 15.0 Å². The Morgan fingerprint density at radius 3 is 2.76 bits per heavy atom. The van der Waals surface area contributed by atoms with Crippen LogP contribution in [0.25, 0.3) is 0 Å². The standard InChI is InChI=1S/C14H26N2O/c1-5-13(15)10-12-6-8-16(11-12)9-7-14(2,3)17-4/h6,8,11,13H,5,7,9-10,15H2,1-4H3. The summed E-state index contributed by atoms with van der Waals surface area (Å²) in [5.74, 6) is 0. The summed E-state index contributed by atoms with van der Waals surface area (Å²) < 4.78 is 7.64. The number of rotatable bonds is 7. The van der Waals surface area contributed by atoms with Gasteiger partial charge in [0.2, 0.25) is 0 Å². The van der Waals surface area contributed by atoms with Gasteiger partial charge in [-0.25, -0.2) is 0 Å². The molecule has 0 aromatic carbocycles. The first-order chi connectivity index (χ1) is 7.96. The van der Waals surface area contributed by atoms with E-state index in [4.69, 9.17) is 10.5 Å². The van der Waals surface area contributed by atoms with E-state index in [1.165, 1.54) is 5.56 Å². The van der Waals surface area contributed by atoms with Crippen molar-refractivity contribution in [3.05, 3.63) is 24.0 Å². The highest BCUT2D eigenvalue weighted by atomic mass is 16.5. The summed E-state index contributed by atoms with van der Waals surface area (Å²) >= 11 is 0. The lowest BCUT2D eigenvalue weighted by Gasteiger charge is -2.22. The Labute approximate surface area is 105 Å². The third-order valence-electron chi connectivity index (χ3n) is 3.36. The molecule has 0 spiro atoms. The Bertz CT molecular complexity index is 331. The first-order valence-corrected chi connectivity index (χ1v) is 6.42. The fraction of sp³-hybridized carbons (Fsp3) is 0.714. The second-order valence-corrected chi connectivity index (χ2v) is 5.34. The molecule has 0 amide bonds. The monoisotopic (exact) mass is 238 g/mol. The van der Waals surface area contributed by atoms with Crippen LogP contribution in [0.1, 0.15) is 39.2 Å². The zero-order chi connectivity index (χ0) is 12.9. The van der Waals surface area contributed by atoms with Gasteiger partial charge in [-0.1, -0.05) is 6.92 Å². The van der Waals surface area contributed by atoms with Crippen molar-refractivity contribution in [1.29, 1.82) is 0 Å². The van der Waals surface area contributed by atoms with Gasteiger partial charge in [-0.2, -0.15) is 0 Å². The topological polar surface area (TPSA) is 40.2 Å². The molecule has 1 atom stereocenters. The van der Waals surface area contributed by atoms with Crippen LogP contribution in [-0.4, -0.2) is 23.3 Å². The van der Waals surface area contributed by atoms with E-state index in [-0.39, 0.29) is 11.6 Å². The van der Waals surface area contributed by atoms with Crippen LogP contribution >= 0.6 is 0 Å². The smallest absolute Gasteiger partial charge is 0.0639 e. The zero-order valence-corrected chi connectivity index (χ0v) is 11.6. The van der Waals surface area contributed by atoms with Gasteiger partial charge in [-0.15, -0.1) is 0 Å². The minimum absolute atomic E-state index is 0.0513. The van der Waals surface area contributed by atoms with Crippen molar-refractivity contribution in [3.8, 4) is 0 Å². The highest BCUT2D eigenvalue weighted by molar-refractivity contribution is 5.11. The largest absolute Gasteiger partial charge is 0.379 e. The Balaban J connectivity index is 2.46. The summed E-state index contributed by atoms with van der Waals surface area (Å²) in [6, 6.07) is 2.44. The van der Waals surface area contributed by atoms with E-state index >= 15 is 0 Å². The summed E-state index contributed by atoms with van der Waals surface area (Å²) in [4.78, 5) is 0. The predicted molar refractivity (Wildman–Crippen MR) is 72.1 cm³/mol. The van der Waals surface area contributed by atoms with E-state index in [1.54, 1.807) is 7.11 Å². The molecule has 3 nitrogen and oxygen atoms in total. The fourth-order valence-corrected chi connectivity index (χ4v) is 1.70. The van der Waals surface area contributed by atoms with E-state index in [9.17, 15) is 0 Å². The molecule has 1 aromatic rings. The average Bonchev–Trinajstić information content (AvgIpc) is 2.74. The molecule has 0 aliphatic carbocycles. The van der Waals surface area contributed by atoms with Gasteiger partial charge in [0.25, 0.3) is 0 Å². The highest BCUT2D eigenvalue weighted by Gasteiger charge is 2.15. The molecule has 1 aromatic heterocycles. The van der Waals surface area contributed by atoms with E-state index < -0.39 is 0 Å². The number of aromatic nitrogens is 1. The van der Waals surface area contributed by atoms with Crippen molar-refractivity contribution in [1.82, 2.24) is 4.57 Å². The van der Waals surface area contributed by atoms with E-state index in [1.807, 2.05) is 0 Å². The number of ether oxygens (including phenoxy) is 1. The van der Waals surface area contributed by atoms with Crippen LogP contribution in [0.15, 0.2) is 18.5 Å². The van der Waals surface area contributed by atoms with Crippen LogP contribution in [0.3, 0.4) is 0 Å². The second-order valence-electron chi connectivity index (χ2n) is 5.34. The molecule has 0 radical (unpaired) electrons. The highest BCUT2D eigenvalue weighted by Crippen LogP contribution is 2.15. The van der Waals surface area contributed by atoms with Gasteiger partial charge in [0.15, 0.2) is 0 Å². The fourth-order valence-electron chi connectivity index (χ4n) is 1.70. The van der Waals surface area contributed by atoms with Crippen molar-refractivity contribution in [3.63, 3.8) is 0 Å². The molecule has 0 fully saturated rings. The maximum atomic E-state index is 5.95. The quantitative estimate of drug-likeness (QED) is 0.793. The zero-order valence-electron chi connectivity index (χ0n) is 11.6. The van der Waals surface area contributed by atoms with Gasteiger partial charge in [0.1, 0.15) is 0 Å². The number of nitrogens with zero attached hydrogens (tertiary/aromatic N) is 1. The molecule has 0 saturated heterocycles. The Morgan fingerprint density at radius 1 is 1.47 bits per heavy atom. The average molecular weight is 238 g/mol. The molecule has 2 N–H and O–H groups in total. The number of hydrogen-bond acceptors (Lipinski definition) is 2. The molecule has 0 saturated carbocycles. The van der Waals surface area contributed by atoms with Gasteiger partial charge in [-0.05, 0) is 44.7 Å². The molecule has 1 heterocycles. The van der Waals surface area contributed by atoms with Crippen molar-refractivity contribution < 1.29 is 4.74 Å². The molecule has 98 valence electrons. The minimum atomic E-state index is -0.0513. The van der Waals surface area contributed by atoms with Crippen molar-refractivity contribution in [2.45, 2.75) is 58.2 Å². The number of methoxy groups -OCH3 is 1. The van der Waals surface area contributed by atoms with Gasteiger partial charge in [0.05, 0.1) is 5.60 Å². The van der Waals surface area contributed by atoms with Gasteiger partial charge >= 0.3 is 0 Å². The third-order valence-corrected chi connectivity index (χ3v) is 3.36. The summed E-state index contributed by atoms with van der Waals surface area (Å²) in [7, 11) is 1.77. The molecule has 1 rings (SSSR count). The number of nitrogens with two attached hydrogens (primary N) is 1. The van der Waals surface area contributed by atoms with Gasteiger partial charge in [-0.3, -0.25) is 0 Å². The minimum Gasteiger partial charge on any atom is -0.379 e. The summed E-state index contributed by atoms with van der Waals surface area (Å²) in [5.41, 5.74) is 7.23. The molecule has 0 bridgehead atoms. The molecule has 1 unspecified atom stereocenters. The molecule has 0 aliphatic rings. The predicted octanol–water partition coefficient (Wildman–Crippen LogP) is 2.58. The summed E-state index contributed by atoms with van der Waals surface area (Å²) in [5, 5.41) is 0. The Morgan fingerprint density at radius 2 is 2.18 bits per heavy atom.